The number of nitrogens with zero attached hydrogens (tertiary/aromatic N) is 3. The molecule has 0 aliphatic carbocycles. The number of ether oxygens (including phenoxy) is 1. The van der Waals surface area contributed by atoms with Crippen LogP contribution in [0, 0.1) is 0 Å². The zero-order valence-electron chi connectivity index (χ0n) is 20.5. The molecule has 1 amide bonds. The first-order valence-corrected chi connectivity index (χ1v) is 13.7. The molecule has 9 heteroatoms. The number of halogens is 2. The Hall–Kier alpha value is -3.00. The fraction of sp³-hybridized carbons (Fsp3) is 0.250. The van der Waals surface area contributed by atoms with E-state index in [2.05, 4.69) is 15.5 Å². The second kappa shape index (κ2) is 13.5. The maximum atomic E-state index is 12.4. The summed E-state index contributed by atoms with van der Waals surface area (Å²) in [5.74, 6) is 2.34. The lowest BCUT2D eigenvalue weighted by Gasteiger charge is -2.11. The standard InChI is InChI=1S/C28H28Cl2N4O2S/c1-36-25-13-3-2-9-21(25)18-31-27(35)15-5-4-14-26-32-33-28(34(26)24-12-7-11-23(30)17-24)37-19-20-8-6-10-22(29)16-20/h2-3,6-13,16-17H,4-5,14-15,18-19H2,1H3,(H,31,35). The Morgan fingerprint density at radius 2 is 1.76 bits per heavy atom. The lowest BCUT2D eigenvalue weighted by atomic mass is 10.1. The zero-order valence-corrected chi connectivity index (χ0v) is 22.8. The van der Waals surface area contributed by atoms with E-state index in [9.17, 15) is 4.79 Å². The molecular weight excluding hydrogens is 527 g/mol. The number of carbonyl (C=O) groups excluding carboxylic acids is 1. The summed E-state index contributed by atoms with van der Waals surface area (Å²) in [6.45, 7) is 0.444. The van der Waals surface area contributed by atoms with Gasteiger partial charge < -0.3 is 10.1 Å². The lowest BCUT2D eigenvalue weighted by Crippen LogP contribution is -2.22. The number of hydrogen-bond donors (Lipinski definition) is 1. The number of carbonyl (C=O) groups is 1. The van der Waals surface area contributed by atoms with Crippen molar-refractivity contribution in [1.82, 2.24) is 20.1 Å². The first kappa shape index (κ1) is 27.0. The molecule has 1 aromatic heterocycles. The van der Waals surface area contributed by atoms with Gasteiger partial charge in [-0.3, -0.25) is 9.36 Å². The number of benzene rings is 3. The largest absolute Gasteiger partial charge is 0.496 e. The number of nitrogens with one attached hydrogen (secondary N) is 1. The molecule has 0 spiro atoms. The van der Waals surface area contributed by atoms with Gasteiger partial charge >= 0.3 is 0 Å². The Balaban J connectivity index is 1.36. The number of aryl methyl sites for hydroxylation is 1. The van der Waals surface area contributed by atoms with E-state index in [-0.39, 0.29) is 5.91 Å². The van der Waals surface area contributed by atoms with E-state index in [0.29, 0.717) is 35.2 Å². The smallest absolute Gasteiger partial charge is 0.220 e. The average molecular weight is 556 g/mol. The minimum absolute atomic E-state index is 0.0139. The van der Waals surface area contributed by atoms with Gasteiger partial charge in [-0.05, 0) is 54.8 Å². The molecule has 192 valence electrons. The van der Waals surface area contributed by atoms with E-state index in [0.717, 1.165) is 46.4 Å². The molecule has 6 nitrogen and oxygen atoms in total. The summed E-state index contributed by atoms with van der Waals surface area (Å²) in [7, 11) is 1.63. The summed E-state index contributed by atoms with van der Waals surface area (Å²) in [4.78, 5) is 12.4. The predicted molar refractivity (Wildman–Crippen MR) is 150 cm³/mol. The molecule has 0 atom stereocenters. The van der Waals surface area contributed by atoms with Gasteiger partial charge in [0.05, 0.1) is 12.8 Å². The minimum atomic E-state index is 0.0139. The van der Waals surface area contributed by atoms with Crippen molar-refractivity contribution in [2.24, 2.45) is 0 Å². The molecule has 4 rings (SSSR count). The van der Waals surface area contributed by atoms with Gasteiger partial charge in [-0.2, -0.15) is 0 Å². The van der Waals surface area contributed by atoms with Crippen LogP contribution in [0.5, 0.6) is 5.75 Å². The third-order valence-electron chi connectivity index (χ3n) is 5.75. The highest BCUT2D eigenvalue weighted by molar-refractivity contribution is 7.98. The summed E-state index contributed by atoms with van der Waals surface area (Å²) in [5.41, 5.74) is 2.98. The molecule has 0 aliphatic heterocycles. The van der Waals surface area contributed by atoms with Crippen molar-refractivity contribution in [1.29, 1.82) is 0 Å². The van der Waals surface area contributed by atoms with Crippen LogP contribution in [0.15, 0.2) is 78.0 Å². The van der Waals surface area contributed by atoms with Crippen LogP contribution in [0.3, 0.4) is 0 Å². The highest BCUT2D eigenvalue weighted by Crippen LogP contribution is 2.28. The summed E-state index contributed by atoms with van der Waals surface area (Å²) in [6, 6.07) is 23.1. The summed E-state index contributed by atoms with van der Waals surface area (Å²) in [6.07, 6.45) is 2.68. The maximum absolute atomic E-state index is 12.4. The quantitative estimate of drug-likeness (QED) is 0.152. The molecule has 0 unspecified atom stereocenters. The first-order chi connectivity index (χ1) is 18.0. The second-order valence-corrected chi connectivity index (χ2v) is 10.2. The highest BCUT2D eigenvalue weighted by atomic mass is 35.5. The molecule has 0 bridgehead atoms. The van der Waals surface area contributed by atoms with Crippen LogP contribution in [-0.2, 0) is 23.5 Å². The minimum Gasteiger partial charge on any atom is -0.496 e. The fourth-order valence-corrected chi connectivity index (χ4v) is 5.22. The number of aromatic nitrogens is 3. The van der Waals surface area contributed by atoms with E-state index in [1.54, 1.807) is 18.9 Å². The zero-order chi connectivity index (χ0) is 26.0. The Labute approximate surface area is 231 Å². The number of hydrogen-bond acceptors (Lipinski definition) is 5. The van der Waals surface area contributed by atoms with E-state index in [1.807, 2.05) is 77.4 Å². The lowest BCUT2D eigenvalue weighted by molar-refractivity contribution is -0.121. The van der Waals surface area contributed by atoms with Crippen LogP contribution >= 0.6 is 35.0 Å². The van der Waals surface area contributed by atoms with Gasteiger partial charge in [0.25, 0.3) is 0 Å². The van der Waals surface area contributed by atoms with Crippen molar-refractivity contribution < 1.29 is 9.53 Å². The van der Waals surface area contributed by atoms with Crippen molar-refractivity contribution in [2.75, 3.05) is 7.11 Å². The van der Waals surface area contributed by atoms with Crippen LogP contribution in [0.25, 0.3) is 5.69 Å². The van der Waals surface area contributed by atoms with E-state index >= 15 is 0 Å². The molecule has 3 aromatic carbocycles. The van der Waals surface area contributed by atoms with Crippen LogP contribution < -0.4 is 10.1 Å². The highest BCUT2D eigenvalue weighted by Gasteiger charge is 2.15. The van der Waals surface area contributed by atoms with Crippen molar-refractivity contribution in [2.45, 2.75) is 43.1 Å². The van der Waals surface area contributed by atoms with E-state index in [4.69, 9.17) is 27.9 Å². The van der Waals surface area contributed by atoms with Gasteiger partial charge in [-0.15, -0.1) is 10.2 Å². The van der Waals surface area contributed by atoms with Crippen LogP contribution in [0.2, 0.25) is 10.0 Å². The first-order valence-electron chi connectivity index (χ1n) is 12.0. The van der Waals surface area contributed by atoms with Crippen molar-refractivity contribution >= 4 is 40.9 Å². The van der Waals surface area contributed by atoms with Crippen molar-refractivity contribution in [3.05, 3.63) is 99.8 Å². The molecule has 37 heavy (non-hydrogen) atoms. The monoisotopic (exact) mass is 554 g/mol. The molecule has 0 fully saturated rings. The van der Waals surface area contributed by atoms with Crippen LogP contribution in [-0.4, -0.2) is 27.8 Å². The van der Waals surface area contributed by atoms with Gasteiger partial charge in [-0.25, -0.2) is 0 Å². The molecular formula is C28H28Cl2N4O2S. The molecule has 0 saturated heterocycles. The Morgan fingerprint density at radius 3 is 2.54 bits per heavy atom. The van der Waals surface area contributed by atoms with Crippen LogP contribution in [0.1, 0.15) is 36.2 Å². The predicted octanol–water partition coefficient (Wildman–Crippen LogP) is 6.90. The Morgan fingerprint density at radius 1 is 0.973 bits per heavy atom. The summed E-state index contributed by atoms with van der Waals surface area (Å²) >= 11 is 14.0. The molecule has 4 aromatic rings. The molecule has 0 saturated carbocycles. The maximum Gasteiger partial charge on any atom is 0.220 e. The van der Waals surface area contributed by atoms with Crippen molar-refractivity contribution in [3.63, 3.8) is 0 Å². The number of unbranched alkanes of at least 4 members (excludes halogenated alkanes) is 1. The van der Waals surface area contributed by atoms with E-state index in [1.165, 1.54) is 0 Å². The van der Waals surface area contributed by atoms with Gasteiger partial charge in [0, 0.05) is 40.7 Å². The normalized spacial score (nSPS) is 10.9. The molecule has 0 radical (unpaired) electrons. The van der Waals surface area contributed by atoms with E-state index < -0.39 is 0 Å². The average Bonchev–Trinajstić information content (AvgIpc) is 3.31. The number of methoxy groups -OCH3 is 1. The Bertz CT molecular complexity index is 1350. The Kier molecular flexibility index (Phi) is 9.88. The van der Waals surface area contributed by atoms with Crippen LogP contribution in [0.4, 0.5) is 0 Å². The number of para-hydroxylation sites is 1. The van der Waals surface area contributed by atoms with Gasteiger partial charge in [-0.1, -0.05) is 71.4 Å². The molecule has 1 N–H and O–H groups in total. The SMILES string of the molecule is COc1ccccc1CNC(=O)CCCCc1nnc(SCc2cccc(Cl)c2)n1-c1cccc(Cl)c1. The number of rotatable bonds is 12. The van der Waals surface area contributed by atoms with Gasteiger partial charge in [0.15, 0.2) is 5.16 Å². The third kappa shape index (κ3) is 7.74. The fourth-order valence-electron chi connectivity index (χ4n) is 3.90. The molecule has 1 heterocycles. The summed E-state index contributed by atoms with van der Waals surface area (Å²) < 4.78 is 7.39. The summed E-state index contributed by atoms with van der Waals surface area (Å²) in [5, 5.41) is 14.1. The van der Waals surface area contributed by atoms with Crippen molar-refractivity contribution in [3.8, 4) is 11.4 Å². The topological polar surface area (TPSA) is 69.0 Å². The number of thioether (sulfide) groups is 1. The second-order valence-electron chi connectivity index (χ2n) is 8.43. The van der Waals surface area contributed by atoms with Gasteiger partial charge in [0.1, 0.15) is 11.6 Å². The molecule has 0 aliphatic rings. The number of amides is 1. The third-order valence-corrected chi connectivity index (χ3v) is 7.22. The van der Waals surface area contributed by atoms with Gasteiger partial charge in [0.2, 0.25) is 5.91 Å².